The molecule has 1 heterocycles. The van der Waals surface area contributed by atoms with Crippen molar-refractivity contribution in [1.29, 1.82) is 0 Å². The summed E-state index contributed by atoms with van der Waals surface area (Å²) in [5.74, 6) is 0.493. The molecule has 0 N–H and O–H groups in total. The Morgan fingerprint density at radius 3 is 2.59 bits per heavy atom. The van der Waals surface area contributed by atoms with Crippen molar-refractivity contribution in [2.45, 2.75) is 13.8 Å². The molecule has 0 saturated carbocycles. The zero-order valence-corrected chi connectivity index (χ0v) is 12.1. The van der Waals surface area contributed by atoms with E-state index in [9.17, 15) is 14.9 Å². The number of hydrogen-bond acceptors (Lipinski definition) is 4. The fourth-order valence-corrected chi connectivity index (χ4v) is 2.48. The van der Waals surface area contributed by atoms with Crippen LogP contribution in [0.1, 0.15) is 11.4 Å². The molecule has 0 bridgehead atoms. The Morgan fingerprint density at radius 2 is 1.86 bits per heavy atom. The monoisotopic (exact) mass is 295 g/mol. The van der Waals surface area contributed by atoms with E-state index in [1.807, 2.05) is 6.07 Å². The van der Waals surface area contributed by atoms with E-state index >= 15 is 0 Å². The normalized spacial score (nSPS) is 10.8. The molecule has 6 nitrogen and oxygen atoms in total. The largest absolute Gasteiger partial charge is 0.271 e. The van der Waals surface area contributed by atoms with E-state index in [2.05, 4.69) is 4.98 Å². The molecule has 0 radical (unpaired) electrons. The highest BCUT2D eigenvalue weighted by atomic mass is 16.6. The zero-order valence-electron chi connectivity index (χ0n) is 12.1. The van der Waals surface area contributed by atoms with Gasteiger partial charge in [-0.25, -0.2) is 4.98 Å². The van der Waals surface area contributed by atoms with Gasteiger partial charge in [-0.05, 0) is 31.5 Å². The van der Waals surface area contributed by atoms with Crippen LogP contribution in [-0.4, -0.2) is 14.5 Å². The number of nitro benzene ring substituents is 1. The first-order valence-electron chi connectivity index (χ1n) is 6.73. The van der Waals surface area contributed by atoms with Gasteiger partial charge in [0.2, 0.25) is 0 Å². The molecule has 2 aromatic carbocycles. The number of aryl methyl sites for hydroxylation is 2. The maximum absolute atomic E-state index is 12.7. The van der Waals surface area contributed by atoms with Gasteiger partial charge in [0, 0.05) is 12.1 Å². The minimum absolute atomic E-state index is 0.0555. The number of nitrogens with zero attached hydrogens (tertiary/aromatic N) is 3. The summed E-state index contributed by atoms with van der Waals surface area (Å²) in [6.45, 7) is 3.52. The van der Waals surface area contributed by atoms with Gasteiger partial charge in [-0.3, -0.25) is 19.5 Å². The molecule has 0 unspecified atom stereocenters. The maximum atomic E-state index is 12.7. The average molecular weight is 295 g/mol. The smallest absolute Gasteiger partial charge is 0.268 e. The lowest BCUT2D eigenvalue weighted by molar-refractivity contribution is -0.384. The van der Waals surface area contributed by atoms with E-state index in [0.717, 1.165) is 5.56 Å². The van der Waals surface area contributed by atoms with Crippen molar-refractivity contribution in [1.82, 2.24) is 9.55 Å². The summed E-state index contributed by atoms with van der Waals surface area (Å²) >= 11 is 0. The van der Waals surface area contributed by atoms with Gasteiger partial charge >= 0.3 is 0 Å². The van der Waals surface area contributed by atoms with Crippen LogP contribution in [0.3, 0.4) is 0 Å². The van der Waals surface area contributed by atoms with E-state index in [1.165, 1.54) is 16.7 Å². The lowest BCUT2D eigenvalue weighted by Crippen LogP contribution is -2.23. The molecule has 0 atom stereocenters. The van der Waals surface area contributed by atoms with Crippen LogP contribution < -0.4 is 5.56 Å². The number of benzene rings is 2. The number of hydrogen-bond donors (Lipinski definition) is 0. The van der Waals surface area contributed by atoms with Gasteiger partial charge in [0.1, 0.15) is 5.82 Å². The van der Waals surface area contributed by atoms with Crippen LogP contribution in [0.5, 0.6) is 0 Å². The fourth-order valence-electron chi connectivity index (χ4n) is 2.48. The lowest BCUT2D eigenvalue weighted by atomic mass is 10.1. The fraction of sp³-hybridized carbons (Fsp3) is 0.125. The van der Waals surface area contributed by atoms with Crippen molar-refractivity contribution in [3.8, 4) is 5.69 Å². The molecule has 0 spiro atoms. The van der Waals surface area contributed by atoms with Gasteiger partial charge in [-0.1, -0.05) is 18.2 Å². The molecule has 110 valence electrons. The Hall–Kier alpha value is -3.02. The number of nitro groups is 1. The summed E-state index contributed by atoms with van der Waals surface area (Å²) in [7, 11) is 0. The quantitative estimate of drug-likeness (QED) is 0.538. The van der Waals surface area contributed by atoms with Crippen LogP contribution in [0.4, 0.5) is 5.69 Å². The molecular formula is C16H13N3O3. The highest BCUT2D eigenvalue weighted by Gasteiger charge is 2.15. The van der Waals surface area contributed by atoms with Gasteiger partial charge < -0.3 is 0 Å². The summed E-state index contributed by atoms with van der Waals surface area (Å²) in [5, 5.41) is 11.5. The third kappa shape index (κ3) is 2.14. The van der Waals surface area contributed by atoms with Crippen molar-refractivity contribution in [3.63, 3.8) is 0 Å². The molecule has 0 aliphatic heterocycles. The van der Waals surface area contributed by atoms with Gasteiger partial charge in [-0.15, -0.1) is 0 Å². The minimum Gasteiger partial charge on any atom is -0.268 e. The lowest BCUT2D eigenvalue weighted by Gasteiger charge is -2.13. The van der Waals surface area contributed by atoms with Gasteiger partial charge in [0.15, 0.2) is 0 Å². The Morgan fingerprint density at radius 1 is 1.14 bits per heavy atom. The van der Waals surface area contributed by atoms with Crippen molar-refractivity contribution < 1.29 is 4.92 Å². The van der Waals surface area contributed by atoms with E-state index in [1.54, 1.807) is 38.1 Å². The molecule has 0 saturated heterocycles. The molecule has 0 aliphatic rings. The first-order valence-corrected chi connectivity index (χ1v) is 6.73. The van der Waals surface area contributed by atoms with Crippen LogP contribution in [0, 0.1) is 24.0 Å². The summed E-state index contributed by atoms with van der Waals surface area (Å²) in [4.78, 5) is 27.7. The first kappa shape index (κ1) is 13.9. The molecule has 0 fully saturated rings. The number of non-ortho nitro benzene ring substituents is 1. The number of para-hydroxylation sites is 1. The molecule has 22 heavy (non-hydrogen) atoms. The second-order valence-electron chi connectivity index (χ2n) is 5.04. The average Bonchev–Trinajstić information content (AvgIpc) is 2.48. The molecule has 6 heteroatoms. The third-order valence-electron chi connectivity index (χ3n) is 3.59. The highest BCUT2D eigenvalue weighted by molar-refractivity contribution is 5.77. The standard InChI is InChI=1S/C16H13N3O3/c1-10-7-8-12(19(21)22)9-15(10)18-11(2)17-14-6-4-3-5-13(14)16(18)20/h3-9H,1-2H3. The van der Waals surface area contributed by atoms with Crippen LogP contribution in [0.2, 0.25) is 0 Å². The Bertz CT molecular complexity index is 960. The van der Waals surface area contributed by atoms with Crippen molar-refractivity contribution >= 4 is 16.6 Å². The van der Waals surface area contributed by atoms with Crippen molar-refractivity contribution in [2.24, 2.45) is 0 Å². The summed E-state index contributed by atoms with van der Waals surface area (Å²) < 4.78 is 1.42. The van der Waals surface area contributed by atoms with Gasteiger partial charge in [0.05, 0.1) is 21.5 Å². The minimum atomic E-state index is -0.474. The number of aromatic nitrogens is 2. The van der Waals surface area contributed by atoms with Crippen LogP contribution in [-0.2, 0) is 0 Å². The Labute approximate surface area is 125 Å². The van der Waals surface area contributed by atoms with Crippen LogP contribution in [0.25, 0.3) is 16.6 Å². The molecule has 0 aliphatic carbocycles. The predicted molar refractivity (Wildman–Crippen MR) is 83.5 cm³/mol. The molecular weight excluding hydrogens is 282 g/mol. The topological polar surface area (TPSA) is 78.0 Å². The third-order valence-corrected chi connectivity index (χ3v) is 3.59. The van der Waals surface area contributed by atoms with Crippen molar-refractivity contribution in [3.05, 3.63) is 74.3 Å². The summed E-state index contributed by atoms with van der Waals surface area (Å²) in [6.07, 6.45) is 0. The Balaban J connectivity index is 2.38. The molecule has 1 aromatic heterocycles. The zero-order chi connectivity index (χ0) is 15.9. The molecule has 0 amide bonds. The van der Waals surface area contributed by atoms with E-state index in [4.69, 9.17) is 0 Å². The van der Waals surface area contributed by atoms with Gasteiger partial charge in [-0.2, -0.15) is 0 Å². The maximum Gasteiger partial charge on any atom is 0.271 e. The number of rotatable bonds is 2. The second kappa shape index (κ2) is 5.07. The van der Waals surface area contributed by atoms with Crippen molar-refractivity contribution in [2.75, 3.05) is 0 Å². The van der Waals surface area contributed by atoms with Crippen LogP contribution in [0.15, 0.2) is 47.3 Å². The first-order chi connectivity index (χ1) is 10.5. The van der Waals surface area contributed by atoms with Crippen LogP contribution >= 0.6 is 0 Å². The Kier molecular flexibility index (Phi) is 3.21. The van der Waals surface area contributed by atoms with E-state index in [0.29, 0.717) is 22.4 Å². The van der Waals surface area contributed by atoms with E-state index < -0.39 is 4.92 Å². The molecule has 3 aromatic rings. The summed E-state index contributed by atoms with van der Waals surface area (Å²) in [6, 6.07) is 11.5. The summed E-state index contributed by atoms with van der Waals surface area (Å²) in [5.41, 5.74) is 1.58. The number of fused-ring (bicyclic) bond motifs is 1. The molecule has 3 rings (SSSR count). The second-order valence-corrected chi connectivity index (χ2v) is 5.04. The van der Waals surface area contributed by atoms with E-state index in [-0.39, 0.29) is 11.2 Å². The van der Waals surface area contributed by atoms with Gasteiger partial charge in [0.25, 0.3) is 11.2 Å². The SMILES string of the molecule is Cc1ccc([N+](=O)[O-])cc1-n1c(C)nc2ccccc2c1=O. The predicted octanol–water partition coefficient (Wildman–Crippen LogP) is 2.91. The highest BCUT2D eigenvalue weighted by Crippen LogP contribution is 2.21.